The first-order valence-corrected chi connectivity index (χ1v) is 6.17. The van der Waals surface area contributed by atoms with E-state index in [2.05, 4.69) is 12.2 Å². The zero-order valence-corrected chi connectivity index (χ0v) is 10.1. The molecule has 2 rings (SSSR count). The molecule has 1 heterocycles. The second-order valence-electron chi connectivity index (χ2n) is 4.84. The lowest BCUT2D eigenvalue weighted by Gasteiger charge is -2.29. The van der Waals surface area contributed by atoms with Gasteiger partial charge >= 0.3 is 5.97 Å². The molecule has 4 heteroatoms. The second-order valence-corrected chi connectivity index (χ2v) is 4.84. The molecule has 2 N–H and O–H groups in total. The fraction of sp³-hybridized carbons (Fsp3) is 0.615. The largest absolute Gasteiger partial charge is 0.481 e. The van der Waals surface area contributed by atoms with Crippen molar-refractivity contribution in [3.05, 3.63) is 24.2 Å². The van der Waals surface area contributed by atoms with E-state index < -0.39 is 5.97 Å². The van der Waals surface area contributed by atoms with Gasteiger partial charge in [-0.15, -0.1) is 0 Å². The molecule has 0 bridgehead atoms. The highest BCUT2D eigenvalue weighted by molar-refractivity contribution is 5.70. The fourth-order valence-corrected chi connectivity index (χ4v) is 2.54. The molecule has 0 saturated heterocycles. The van der Waals surface area contributed by atoms with Crippen LogP contribution in [0, 0.1) is 5.92 Å². The van der Waals surface area contributed by atoms with Crippen LogP contribution in [0.25, 0.3) is 0 Å². The Hall–Kier alpha value is -1.29. The summed E-state index contributed by atoms with van der Waals surface area (Å²) >= 11 is 0. The molecule has 0 aromatic carbocycles. The fourth-order valence-electron chi connectivity index (χ4n) is 2.54. The smallest absolute Gasteiger partial charge is 0.306 e. The molecule has 4 nitrogen and oxygen atoms in total. The minimum atomic E-state index is -0.660. The topological polar surface area (TPSA) is 62.5 Å². The summed E-state index contributed by atoms with van der Waals surface area (Å²) in [5, 5.41) is 12.5. The first kappa shape index (κ1) is 12.2. The van der Waals surface area contributed by atoms with Gasteiger partial charge in [0, 0.05) is 17.6 Å². The van der Waals surface area contributed by atoms with Crippen molar-refractivity contribution >= 4 is 5.97 Å². The number of hydrogen-bond acceptors (Lipinski definition) is 3. The number of furan rings is 1. The predicted octanol–water partition coefficient (Wildman–Crippen LogP) is 2.57. The summed E-state index contributed by atoms with van der Waals surface area (Å²) in [6, 6.07) is 2.45. The Balaban J connectivity index is 1.88. The van der Waals surface area contributed by atoms with E-state index in [1.807, 2.05) is 6.07 Å². The summed E-state index contributed by atoms with van der Waals surface area (Å²) in [7, 11) is 0. The molecule has 1 aromatic rings. The normalized spacial score (nSPS) is 26.6. The van der Waals surface area contributed by atoms with Gasteiger partial charge in [0.1, 0.15) is 0 Å². The third kappa shape index (κ3) is 3.09. The van der Waals surface area contributed by atoms with E-state index in [9.17, 15) is 4.79 Å². The van der Waals surface area contributed by atoms with Crippen LogP contribution in [-0.4, -0.2) is 17.1 Å². The summed E-state index contributed by atoms with van der Waals surface area (Å²) in [4.78, 5) is 11.0. The van der Waals surface area contributed by atoms with Crippen LogP contribution >= 0.6 is 0 Å². The van der Waals surface area contributed by atoms with Gasteiger partial charge in [0.25, 0.3) is 0 Å². The highest BCUT2D eigenvalue weighted by Gasteiger charge is 2.27. The van der Waals surface area contributed by atoms with Crippen molar-refractivity contribution in [1.29, 1.82) is 0 Å². The van der Waals surface area contributed by atoms with Crippen LogP contribution in [-0.2, 0) is 4.79 Å². The highest BCUT2D eigenvalue weighted by Crippen LogP contribution is 2.26. The molecule has 1 aliphatic rings. The maximum atomic E-state index is 11.0. The van der Waals surface area contributed by atoms with Gasteiger partial charge in [0.2, 0.25) is 0 Å². The first-order valence-electron chi connectivity index (χ1n) is 6.17. The minimum absolute atomic E-state index is 0.183. The van der Waals surface area contributed by atoms with Crippen molar-refractivity contribution in [2.45, 2.75) is 44.7 Å². The Bertz CT molecular complexity index is 361. The molecule has 3 atom stereocenters. The van der Waals surface area contributed by atoms with Crippen molar-refractivity contribution < 1.29 is 14.3 Å². The van der Waals surface area contributed by atoms with Gasteiger partial charge in [0.15, 0.2) is 0 Å². The van der Waals surface area contributed by atoms with Gasteiger partial charge in [-0.1, -0.05) is 6.42 Å². The molecule has 0 aliphatic heterocycles. The van der Waals surface area contributed by atoms with Crippen LogP contribution in [0.1, 0.15) is 44.2 Å². The molecule has 0 radical (unpaired) electrons. The lowest BCUT2D eigenvalue weighted by atomic mass is 9.85. The van der Waals surface area contributed by atoms with Crippen LogP contribution in [0.3, 0.4) is 0 Å². The molecule has 0 spiro atoms. The van der Waals surface area contributed by atoms with E-state index in [1.54, 1.807) is 12.5 Å². The zero-order valence-electron chi connectivity index (χ0n) is 10.1. The molecular weight excluding hydrogens is 218 g/mol. The average Bonchev–Trinajstić information content (AvgIpc) is 2.82. The average molecular weight is 237 g/mol. The summed E-state index contributed by atoms with van der Waals surface area (Å²) in [6.07, 6.45) is 6.99. The first-order chi connectivity index (χ1) is 8.16. The summed E-state index contributed by atoms with van der Waals surface area (Å²) in [5.41, 5.74) is 1.11. The predicted molar refractivity (Wildman–Crippen MR) is 63.6 cm³/mol. The Kier molecular flexibility index (Phi) is 3.84. The van der Waals surface area contributed by atoms with Crippen LogP contribution in [0.4, 0.5) is 0 Å². The maximum Gasteiger partial charge on any atom is 0.306 e. The number of hydrogen-bond donors (Lipinski definition) is 2. The number of nitrogens with one attached hydrogen (secondary N) is 1. The molecule has 1 aliphatic carbocycles. The summed E-state index contributed by atoms with van der Waals surface area (Å²) < 4.78 is 5.05. The Morgan fingerprint density at radius 3 is 3.06 bits per heavy atom. The molecule has 1 saturated carbocycles. The van der Waals surface area contributed by atoms with E-state index in [0.717, 1.165) is 31.2 Å². The Morgan fingerprint density at radius 1 is 1.59 bits per heavy atom. The standard InChI is InChI=1S/C13H19NO3/c1-9(11-5-6-17-8-11)14-12-4-2-3-10(7-12)13(15)16/h5-6,8-10,12,14H,2-4,7H2,1H3,(H,15,16). The minimum Gasteiger partial charge on any atom is -0.481 e. The number of carbonyl (C=O) groups is 1. The van der Waals surface area contributed by atoms with Crippen molar-refractivity contribution in [1.82, 2.24) is 5.32 Å². The molecule has 0 amide bonds. The quantitative estimate of drug-likeness (QED) is 0.844. The van der Waals surface area contributed by atoms with Crippen molar-refractivity contribution in [2.24, 2.45) is 5.92 Å². The van der Waals surface area contributed by atoms with Gasteiger partial charge in [-0.25, -0.2) is 0 Å². The molecule has 17 heavy (non-hydrogen) atoms. The van der Waals surface area contributed by atoms with Gasteiger partial charge < -0.3 is 14.8 Å². The zero-order chi connectivity index (χ0) is 12.3. The van der Waals surface area contributed by atoms with Gasteiger partial charge in [-0.3, -0.25) is 4.79 Å². The lowest BCUT2D eigenvalue weighted by Crippen LogP contribution is -2.37. The van der Waals surface area contributed by atoms with Crippen molar-refractivity contribution in [3.63, 3.8) is 0 Å². The Labute approximate surface area is 101 Å². The van der Waals surface area contributed by atoms with E-state index in [1.165, 1.54) is 0 Å². The summed E-state index contributed by atoms with van der Waals surface area (Å²) in [5.74, 6) is -0.842. The van der Waals surface area contributed by atoms with Crippen molar-refractivity contribution in [2.75, 3.05) is 0 Å². The van der Waals surface area contributed by atoms with E-state index >= 15 is 0 Å². The van der Waals surface area contributed by atoms with Crippen LogP contribution < -0.4 is 5.32 Å². The van der Waals surface area contributed by atoms with Crippen LogP contribution in [0.5, 0.6) is 0 Å². The second kappa shape index (κ2) is 5.36. The Morgan fingerprint density at radius 2 is 2.41 bits per heavy atom. The molecule has 3 unspecified atom stereocenters. The maximum absolute atomic E-state index is 11.0. The number of aliphatic carboxylic acids is 1. The molecular formula is C13H19NO3. The number of carboxylic acids is 1. The van der Waals surface area contributed by atoms with Crippen LogP contribution in [0.2, 0.25) is 0 Å². The number of rotatable bonds is 4. The summed E-state index contributed by atoms with van der Waals surface area (Å²) in [6.45, 7) is 2.08. The van der Waals surface area contributed by atoms with Gasteiger partial charge in [-0.2, -0.15) is 0 Å². The molecule has 1 aromatic heterocycles. The van der Waals surface area contributed by atoms with Crippen molar-refractivity contribution in [3.8, 4) is 0 Å². The SMILES string of the molecule is CC(NC1CCCC(C(=O)O)C1)c1ccoc1. The van der Waals surface area contributed by atoms with Gasteiger partial charge in [-0.05, 0) is 32.3 Å². The van der Waals surface area contributed by atoms with Crippen LogP contribution in [0.15, 0.2) is 23.0 Å². The van der Waals surface area contributed by atoms with E-state index in [0.29, 0.717) is 6.04 Å². The van der Waals surface area contributed by atoms with E-state index in [4.69, 9.17) is 9.52 Å². The van der Waals surface area contributed by atoms with Gasteiger partial charge in [0.05, 0.1) is 18.4 Å². The monoisotopic (exact) mass is 237 g/mol. The molecule has 1 fully saturated rings. The lowest BCUT2D eigenvalue weighted by molar-refractivity contribution is -0.143. The van der Waals surface area contributed by atoms with E-state index in [-0.39, 0.29) is 12.0 Å². The number of carboxylic acid groups (broad SMARTS) is 1. The third-order valence-electron chi connectivity index (χ3n) is 3.55. The third-order valence-corrected chi connectivity index (χ3v) is 3.55. The highest BCUT2D eigenvalue weighted by atomic mass is 16.4. The molecule has 94 valence electrons.